The molecule has 4 nitrogen and oxygen atoms in total. The standard InChI is InChI=1S/C13H21NO3/c1-9(2)14-13(10(3)16)17-12-6-4-11(8-15)5-7-12/h4-7,9-10,13-16H,8H2,1-3H3. The van der Waals surface area contributed by atoms with Crippen LogP contribution in [0.1, 0.15) is 26.3 Å². The molecular weight excluding hydrogens is 218 g/mol. The summed E-state index contributed by atoms with van der Waals surface area (Å²) in [7, 11) is 0. The highest BCUT2D eigenvalue weighted by Crippen LogP contribution is 2.14. The molecule has 0 fully saturated rings. The van der Waals surface area contributed by atoms with Crippen LogP contribution in [0.25, 0.3) is 0 Å². The first-order chi connectivity index (χ1) is 8.02. The van der Waals surface area contributed by atoms with Gasteiger partial charge in [-0.05, 0) is 38.5 Å². The first-order valence-electron chi connectivity index (χ1n) is 5.83. The summed E-state index contributed by atoms with van der Waals surface area (Å²) in [4.78, 5) is 0. The topological polar surface area (TPSA) is 61.7 Å². The molecule has 96 valence electrons. The molecule has 0 radical (unpaired) electrons. The first kappa shape index (κ1) is 14.0. The molecule has 1 rings (SSSR count). The summed E-state index contributed by atoms with van der Waals surface area (Å²) in [5.41, 5.74) is 0.836. The van der Waals surface area contributed by atoms with Crippen molar-refractivity contribution >= 4 is 0 Å². The molecule has 2 unspecified atom stereocenters. The quantitative estimate of drug-likeness (QED) is 0.654. The van der Waals surface area contributed by atoms with Crippen LogP contribution < -0.4 is 10.1 Å². The van der Waals surface area contributed by atoms with Crippen LogP contribution in [0.2, 0.25) is 0 Å². The van der Waals surface area contributed by atoms with E-state index in [4.69, 9.17) is 9.84 Å². The van der Waals surface area contributed by atoms with Crippen molar-refractivity contribution in [1.29, 1.82) is 0 Å². The molecule has 3 N–H and O–H groups in total. The van der Waals surface area contributed by atoms with E-state index in [1.165, 1.54) is 0 Å². The van der Waals surface area contributed by atoms with Gasteiger partial charge in [0.1, 0.15) is 11.9 Å². The largest absolute Gasteiger partial charge is 0.473 e. The van der Waals surface area contributed by atoms with Crippen molar-refractivity contribution in [3.63, 3.8) is 0 Å². The Morgan fingerprint density at radius 2 is 1.76 bits per heavy atom. The number of aliphatic hydroxyl groups is 2. The maximum Gasteiger partial charge on any atom is 0.176 e. The zero-order valence-electron chi connectivity index (χ0n) is 10.6. The zero-order chi connectivity index (χ0) is 12.8. The van der Waals surface area contributed by atoms with Crippen LogP contribution >= 0.6 is 0 Å². The van der Waals surface area contributed by atoms with Gasteiger partial charge in [0.15, 0.2) is 6.23 Å². The Balaban J connectivity index is 2.65. The van der Waals surface area contributed by atoms with Gasteiger partial charge in [-0.15, -0.1) is 0 Å². The van der Waals surface area contributed by atoms with Crippen molar-refractivity contribution in [2.75, 3.05) is 0 Å². The van der Waals surface area contributed by atoms with E-state index in [1.54, 1.807) is 31.2 Å². The summed E-state index contributed by atoms with van der Waals surface area (Å²) in [5.74, 6) is 0.668. The van der Waals surface area contributed by atoms with Gasteiger partial charge >= 0.3 is 0 Å². The summed E-state index contributed by atoms with van der Waals surface area (Å²) in [6.07, 6.45) is -1.04. The average molecular weight is 239 g/mol. The first-order valence-corrected chi connectivity index (χ1v) is 5.83. The van der Waals surface area contributed by atoms with Crippen LogP contribution in [0, 0.1) is 0 Å². The molecule has 0 saturated carbocycles. The lowest BCUT2D eigenvalue weighted by Gasteiger charge is -2.25. The third-order valence-corrected chi connectivity index (χ3v) is 2.30. The minimum absolute atomic E-state index is 0.0182. The van der Waals surface area contributed by atoms with E-state index in [0.717, 1.165) is 5.56 Å². The van der Waals surface area contributed by atoms with Gasteiger partial charge in [0, 0.05) is 6.04 Å². The van der Waals surface area contributed by atoms with Crippen molar-refractivity contribution < 1.29 is 14.9 Å². The molecule has 0 bridgehead atoms. The van der Waals surface area contributed by atoms with Gasteiger partial charge in [0.2, 0.25) is 0 Å². The van der Waals surface area contributed by atoms with Crippen molar-refractivity contribution in [2.45, 2.75) is 45.8 Å². The van der Waals surface area contributed by atoms with E-state index in [9.17, 15) is 5.11 Å². The second kappa shape index (κ2) is 6.59. The predicted octanol–water partition coefficient (Wildman–Crippen LogP) is 1.26. The van der Waals surface area contributed by atoms with E-state index >= 15 is 0 Å². The molecule has 0 spiro atoms. The van der Waals surface area contributed by atoms with Crippen molar-refractivity contribution in [3.05, 3.63) is 29.8 Å². The number of ether oxygens (including phenoxy) is 1. The lowest BCUT2D eigenvalue weighted by molar-refractivity contribution is 0.0218. The van der Waals surface area contributed by atoms with Crippen LogP contribution in [0.3, 0.4) is 0 Å². The van der Waals surface area contributed by atoms with Crippen molar-refractivity contribution in [1.82, 2.24) is 5.32 Å². The summed E-state index contributed by atoms with van der Waals surface area (Å²) < 4.78 is 5.64. The summed E-state index contributed by atoms with van der Waals surface area (Å²) in [6, 6.07) is 7.38. The van der Waals surface area contributed by atoms with Gasteiger partial charge in [-0.3, -0.25) is 5.32 Å². The molecule has 0 heterocycles. The molecule has 4 heteroatoms. The highest BCUT2D eigenvalue weighted by molar-refractivity contribution is 5.27. The molecule has 1 aromatic rings. The highest BCUT2D eigenvalue weighted by Gasteiger charge is 2.17. The lowest BCUT2D eigenvalue weighted by Crippen LogP contribution is -2.46. The summed E-state index contributed by atoms with van der Waals surface area (Å²) >= 11 is 0. The Kier molecular flexibility index (Phi) is 5.41. The van der Waals surface area contributed by atoms with Gasteiger partial charge in [0.05, 0.1) is 6.61 Å². The molecule has 0 amide bonds. The normalized spacial score (nSPS) is 14.7. The molecule has 0 aliphatic heterocycles. The minimum atomic E-state index is -0.602. The smallest absolute Gasteiger partial charge is 0.176 e. The Morgan fingerprint density at radius 1 is 1.18 bits per heavy atom. The molecule has 0 saturated heterocycles. The number of aliphatic hydroxyl groups excluding tert-OH is 2. The monoisotopic (exact) mass is 239 g/mol. The van der Waals surface area contributed by atoms with E-state index in [0.29, 0.717) is 5.75 Å². The zero-order valence-corrected chi connectivity index (χ0v) is 10.6. The molecule has 1 aromatic carbocycles. The lowest BCUT2D eigenvalue weighted by atomic mass is 10.2. The number of hydrogen-bond donors (Lipinski definition) is 3. The number of hydrogen-bond acceptors (Lipinski definition) is 4. The Bertz CT molecular complexity index is 322. The molecule has 17 heavy (non-hydrogen) atoms. The fraction of sp³-hybridized carbons (Fsp3) is 0.538. The van der Waals surface area contributed by atoms with Gasteiger partial charge in [-0.25, -0.2) is 0 Å². The van der Waals surface area contributed by atoms with E-state index < -0.39 is 12.3 Å². The van der Waals surface area contributed by atoms with Crippen LogP contribution in [0.4, 0.5) is 0 Å². The second-order valence-electron chi connectivity index (χ2n) is 4.40. The summed E-state index contributed by atoms with van der Waals surface area (Å²) in [6.45, 7) is 5.69. The average Bonchev–Trinajstić information content (AvgIpc) is 2.28. The summed E-state index contributed by atoms with van der Waals surface area (Å²) in [5, 5.41) is 21.7. The third-order valence-electron chi connectivity index (χ3n) is 2.30. The van der Waals surface area contributed by atoms with Gasteiger partial charge < -0.3 is 14.9 Å². The highest BCUT2D eigenvalue weighted by atomic mass is 16.5. The van der Waals surface area contributed by atoms with E-state index in [2.05, 4.69) is 5.32 Å². The van der Waals surface area contributed by atoms with Crippen LogP contribution in [-0.4, -0.2) is 28.6 Å². The maximum absolute atomic E-state index is 9.60. The van der Waals surface area contributed by atoms with Gasteiger partial charge in [-0.2, -0.15) is 0 Å². The molecule has 0 aromatic heterocycles. The van der Waals surface area contributed by atoms with Gasteiger partial charge in [-0.1, -0.05) is 12.1 Å². The molecule has 0 aliphatic carbocycles. The van der Waals surface area contributed by atoms with E-state index in [-0.39, 0.29) is 12.6 Å². The molecule has 0 aliphatic rings. The fourth-order valence-electron chi connectivity index (χ4n) is 1.42. The Morgan fingerprint density at radius 3 is 2.18 bits per heavy atom. The SMILES string of the molecule is CC(C)NC(Oc1ccc(CO)cc1)C(C)O. The van der Waals surface area contributed by atoms with E-state index in [1.807, 2.05) is 13.8 Å². The minimum Gasteiger partial charge on any atom is -0.473 e. The fourth-order valence-corrected chi connectivity index (χ4v) is 1.42. The number of rotatable bonds is 6. The molecule has 2 atom stereocenters. The number of benzene rings is 1. The predicted molar refractivity (Wildman–Crippen MR) is 66.7 cm³/mol. The van der Waals surface area contributed by atoms with Crippen molar-refractivity contribution in [2.24, 2.45) is 0 Å². The number of nitrogens with one attached hydrogen (secondary N) is 1. The molecular formula is C13H21NO3. The van der Waals surface area contributed by atoms with Crippen LogP contribution in [-0.2, 0) is 6.61 Å². The van der Waals surface area contributed by atoms with Crippen molar-refractivity contribution in [3.8, 4) is 5.75 Å². The third kappa shape index (κ3) is 4.73. The van der Waals surface area contributed by atoms with Crippen LogP contribution in [0.5, 0.6) is 5.75 Å². The van der Waals surface area contributed by atoms with Crippen LogP contribution in [0.15, 0.2) is 24.3 Å². The Labute approximate surface area is 102 Å². The maximum atomic E-state index is 9.60. The van der Waals surface area contributed by atoms with Gasteiger partial charge in [0.25, 0.3) is 0 Å². The Hall–Kier alpha value is -1.10. The second-order valence-corrected chi connectivity index (χ2v) is 4.40.